The van der Waals surface area contributed by atoms with E-state index in [2.05, 4.69) is 24.4 Å². The molecule has 1 nitrogen and oxygen atoms in total. The third-order valence-electron chi connectivity index (χ3n) is 5.36. The van der Waals surface area contributed by atoms with E-state index in [4.69, 9.17) is 11.6 Å². The minimum atomic E-state index is 0.616. The summed E-state index contributed by atoms with van der Waals surface area (Å²) in [5.41, 5.74) is 1.31. The molecular weight excluding hydrogens is 266 g/mol. The first-order chi connectivity index (χ1) is 9.78. The number of rotatable bonds is 6. The van der Waals surface area contributed by atoms with Crippen molar-refractivity contribution in [3.05, 3.63) is 34.9 Å². The van der Waals surface area contributed by atoms with Crippen LogP contribution in [0.1, 0.15) is 44.6 Å². The average Bonchev–Trinajstić information content (AvgIpc) is 3.08. The number of benzene rings is 1. The van der Waals surface area contributed by atoms with Gasteiger partial charge in [-0.1, -0.05) is 43.1 Å². The lowest BCUT2D eigenvalue weighted by atomic mass is 9.81. The summed E-state index contributed by atoms with van der Waals surface area (Å²) >= 11 is 6.36. The van der Waals surface area contributed by atoms with Gasteiger partial charge in [0.25, 0.3) is 0 Å². The Morgan fingerprint density at radius 3 is 2.75 bits per heavy atom. The minimum absolute atomic E-state index is 0.616. The molecule has 4 atom stereocenters. The van der Waals surface area contributed by atoms with E-state index in [1.54, 1.807) is 0 Å². The molecule has 1 aromatic carbocycles. The smallest absolute Gasteiger partial charge is 0.0438 e. The van der Waals surface area contributed by atoms with E-state index in [1.165, 1.54) is 37.7 Å². The van der Waals surface area contributed by atoms with Crippen molar-refractivity contribution in [3.8, 4) is 0 Å². The standard InChI is InChI=1S/C18H26ClN/c1-2-9-20-18(12-15-5-3-4-6-17(15)19)16-11-13-7-8-14(16)10-13/h3-6,13-14,16,18,20H,2,7-12H2,1H3. The molecule has 0 amide bonds. The van der Waals surface area contributed by atoms with Crippen molar-refractivity contribution >= 4 is 11.6 Å². The van der Waals surface area contributed by atoms with Crippen LogP contribution >= 0.6 is 11.6 Å². The van der Waals surface area contributed by atoms with Gasteiger partial charge < -0.3 is 5.32 Å². The maximum absolute atomic E-state index is 6.36. The predicted octanol–water partition coefficient (Wildman–Crippen LogP) is 4.69. The molecule has 0 spiro atoms. The number of fused-ring (bicyclic) bond motifs is 2. The Morgan fingerprint density at radius 2 is 2.10 bits per heavy atom. The van der Waals surface area contributed by atoms with Crippen LogP contribution in [0.15, 0.2) is 24.3 Å². The Hall–Kier alpha value is -0.530. The van der Waals surface area contributed by atoms with E-state index >= 15 is 0 Å². The molecule has 0 aliphatic heterocycles. The summed E-state index contributed by atoms with van der Waals surface area (Å²) in [7, 11) is 0. The Balaban J connectivity index is 1.71. The zero-order valence-electron chi connectivity index (χ0n) is 12.4. The van der Waals surface area contributed by atoms with Crippen LogP contribution in [0.3, 0.4) is 0 Å². The number of hydrogen-bond donors (Lipinski definition) is 1. The second kappa shape index (κ2) is 6.49. The zero-order chi connectivity index (χ0) is 13.9. The van der Waals surface area contributed by atoms with E-state index in [9.17, 15) is 0 Å². The largest absolute Gasteiger partial charge is 0.313 e. The highest BCUT2D eigenvalue weighted by Gasteiger charge is 2.42. The first kappa shape index (κ1) is 14.4. The molecule has 0 aromatic heterocycles. The molecule has 110 valence electrons. The van der Waals surface area contributed by atoms with Gasteiger partial charge in [-0.3, -0.25) is 0 Å². The van der Waals surface area contributed by atoms with Crippen LogP contribution in [-0.4, -0.2) is 12.6 Å². The van der Waals surface area contributed by atoms with Crippen molar-refractivity contribution in [2.75, 3.05) is 6.54 Å². The molecule has 2 bridgehead atoms. The van der Waals surface area contributed by atoms with E-state index in [1.807, 2.05) is 12.1 Å². The zero-order valence-corrected chi connectivity index (χ0v) is 13.2. The molecule has 20 heavy (non-hydrogen) atoms. The monoisotopic (exact) mass is 291 g/mol. The van der Waals surface area contributed by atoms with Gasteiger partial charge in [-0.05, 0) is 68.0 Å². The summed E-state index contributed by atoms with van der Waals surface area (Å²) in [6.07, 6.45) is 8.16. The van der Waals surface area contributed by atoms with Crippen LogP contribution in [-0.2, 0) is 6.42 Å². The summed E-state index contributed by atoms with van der Waals surface area (Å²) in [6.45, 7) is 3.38. The topological polar surface area (TPSA) is 12.0 Å². The molecule has 2 aliphatic carbocycles. The second-order valence-electron chi connectivity index (χ2n) is 6.69. The lowest BCUT2D eigenvalue weighted by Crippen LogP contribution is -2.40. The maximum Gasteiger partial charge on any atom is 0.0438 e. The molecule has 4 unspecified atom stereocenters. The number of nitrogens with one attached hydrogen (secondary N) is 1. The third kappa shape index (κ3) is 3.04. The summed E-state index contributed by atoms with van der Waals surface area (Å²) in [6, 6.07) is 8.96. The highest BCUT2D eigenvalue weighted by atomic mass is 35.5. The second-order valence-corrected chi connectivity index (χ2v) is 7.10. The van der Waals surface area contributed by atoms with Crippen LogP contribution in [0.25, 0.3) is 0 Å². The third-order valence-corrected chi connectivity index (χ3v) is 5.73. The van der Waals surface area contributed by atoms with Crippen molar-refractivity contribution in [3.63, 3.8) is 0 Å². The highest BCUT2D eigenvalue weighted by molar-refractivity contribution is 6.31. The molecule has 0 heterocycles. The highest BCUT2D eigenvalue weighted by Crippen LogP contribution is 2.50. The Morgan fingerprint density at radius 1 is 1.25 bits per heavy atom. The molecule has 0 radical (unpaired) electrons. The lowest BCUT2D eigenvalue weighted by Gasteiger charge is -2.32. The molecule has 0 saturated heterocycles. The van der Waals surface area contributed by atoms with Gasteiger partial charge in [0.15, 0.2) is 0 Å². The Bertz CT molecular complexity index is 445. The summed E-state index contributed by atoms with van der Waals surface area (Å²) in [5.74, 6) is 2.86. The summed E-state index contributed by atoms with van der Waals surface area (Å²) < 4.78 is 0. The number of hydrogen-bond acceptors (Lipinski definition) is 1. The van der Waals surface area contributed by atoms with E-state index in [0.29, 0.717) is 6.04 Å². The van der Waals surface area contributed by atoms with Gasteiger partial charge in [0, 0.05) is 11.1 Å². The van der Waals surface area contributed by atoms with Gasteiger partial charge in [-0.15, -0.1) is 0 Å². The van der Waals surface area contributed by atoms with Crippen LogP contribution in [0.5, 0.6) is 0 Å². The Kier molecular flexibility index (Phi) is 4.68. The molecule has 3 rings (SSSR count). The SMILES string of the molecule is CCCNC(Cc1ccccc1Cl)C1CC2CCC1C2. The van der Waals surface area contributed by atoms with Crippen molar-refractivity contribution in [2.24, 2.45) is 17.8 Å². The average molecular weight is 292 g/mol. The van der Waals surface area contributed by atoms with Gasteiger partial charge in [0.05, 0.1) is 0 Å². The fourth-order valence-corrected chi connectivity index (χ4v) is 4.61. The summed E-state index contributed by atoms with van der Waals surface area (Å²) in [4.78, 5) is 0. The van der Waals surface area contributed by atoms with Gasteiger partial charge in [0.2, 0.25) is 0 Å². The van der Waals surface area contributed by atoms with Crippen molar-refractivity contribution in [1.29, 1.82) is 0 Å². The molecule has 1 aromatic rings. The molecule has 2 saturated carbocycles. The fraction of sp³-hybridized carbons (Fsp3) is 0.667. The summed E-state index contributed by atoms with van der Waals surface area (Å²) in [5, 5.41) is 4.74. The fourth-order valence-electron chi connectivity index (χ4n) is 4.39. The molecular formula is C18H26ClN. The first-order valence-electron chi connectivity index (χ1n) is 8.24. The van der Waals surface area contributed by atoms with Crippen molar-refractivity contribution in [1.82, 2.24) is 5.32 Å². The number of halogens is 1. The van der Waals surface area contributed by atoms with Crippen LogP contribution in [0.4, 0.5) is 0 Å². The van der Waals surface area contributed by atoms with Crippen LogP contribution in [0, 0.1) is 17.8 Å². The van der Waals surface area contributed by atoms with Crippen molar-refractivity contribution in [2.45, 2.75) is 51.5 Å². The normalized spacial score (nSPS) is 29.8. The van der Waals surface area contributed by atoms with Gasteiger partial charge >= 0.3 is 0 Å². The van der Waals surface area contributed by atoms with Gasteiger partial charge in [0.1, 0.15) is 0 Å². The molecule has 2 fully saturated rings. The van der Waals surface area contributed by atoms with Crippen LogP contribution < -0.4 is 5.32 Å². The Labute approximate surface area is 128 Å². The first-order valence-corrected chi connectivity index (χ1v) is 8.62. The van der Waals surface area contributed by atoms with Crippen molar-refractivity contribution < 1.29 is 0 Å². The lowest BCUT2D eigenvalue weighted by molar-refractivity contribution is 0.247. The van der Waals surface area contributed by atoms with Gasteiger partial charge in [-0.25, -0.2) is 0 Å². The molecule has 1 N–H and O–H groups in total. The van der Waals surface area contributed by atoms with Gasteiger partial charge in [-0.2, -0.15) is 0 Å². The van der Waals surface area contributed by atoms with E-state index in [0.717, 1.165) is 35.7 Å². The maximum atomic E-state index is 6.36. The van der Waals surface area contributed by atoms with E-state index < -0.39 is 0 Å². The minimum Gasteiger partial charge on any atom is -0.313 e. The van der Waals surface area contributed by atoms with E-state index in [-0.39, 0.29) is 0 Å². The molecule has 2 heteroatoms. The quantitative estimate of drug-likeness (QED) is 0.802. The van der Waals surface area contributed by atoms with Crippen LogP contribution in [0.2, 0.25) is 5.02 Å². The predicted molar refractivity (Wildman–Crippen MR) is 86.2 cm³/mol. The molecule has 2 aliphatic rings.